The van der Waals surface area contributed by atoms with Crippen molar-refractivity contribution in [3.63, 3.8) is 0 Å². The van der Waals surface area contributed by atoms with Crippen LogP contribution >= 0.6 is 0 Å². The maximum atomic E-state index is 12.1. The van der Waals surface area contributed by atoms with Crippen LogP contribution in [-0.4, -0.2) is 16.7 Å². The van der Waals surface area contributed by atoms with E-state index in [4.69, 9.17) is 4.74 Å². The van der Waals surface area contributed by atoms with E-state index in [1.807, 2.05) is 54.6 Å². The van der Waals surface area contributed by atoms with Crippen LogP contribution in [-0.2, 0) is 6.61 Å². The smallest absolute Gasteiger partial charge is 0.275 e. The lowest BCUT2D eigenvalue weighted by Gasteiger charge is -2.08. The molecule has 3 aromatic rings. The SMILES string of the molecule is C/C(=N\NC(=O)c1ccccc1O)c1ccc(OCc2ccccc2)cc1. The summed E-state index contributed by atoms with van der Waals surface area (Å²) >= 11 is 0. The molecular formula is C22H20N2O3. The second-order valence-electron chi connectivity index (χ2n) is 5.95. The fourth-order valence-electron chi connectivity index (χ4n) is 2.46. The summed E-state index contributed by atoms with van der Waals surface area (Å²) in [6.07, 6.45) is 0. The summed E-state index contributed by atoms with van der Waals surface area (Å²) in [5.41, 5.74) is 5.25. The highest BCUT2D eigenvalue weighted by Gasteiger charge is 2.09. The van der Waals surface area contributed by atoms with E-state index in [-0.39, 0.29) is 11.3 Å². The Hall–Kier alpha value is -3.60. The second kappa shape index (κ2) is 8.67. The molecule has 5 nitrogen and oxygen atoms in total. The van der Waals surface area contributed by atoms with Gasteiger partial charge in [-0.25, -0.2) is 5.43 Å². The molecule has 136 valence electrons. The van der Waals surface area contributed by atoms with Crippen molar-refractivity contribution in [2.45, 2.75) is 13.5 Å². The number of hydrogen-bond donors (Lipinski definition) is 2. The number of carbonyl (C=O) groups excluding carboxylic acids is 1. The predicted molar refractivity (Wildman–Crippen MR) is 105 cm³/mol. The summed E-state index contributed by atoms with van der Waals surface area (Å²) in [5.74, 6) is 0.215. The zero-order chi connectivity index (χ0) is 19.1. The maximum absolute atomic E-state index is 12.1. The third-order valence-corrected chi connectivity index (χ3v) is 3.99. The first kappa shape index (κ1) is 18.2. The summed E-state index contributed by atoms with van der Waals surface area (Å²) in [6.45, 7) is 2.30. The molecule has 0 aliphatic rings. The van der Waals surface area contributed by atoms with Crippen LogP contribution in [0.3, 0.4) is 0 Å². The van der Waals surface area contributed by atoms with Crippen molar-refractivity contribution in [2.24, 2.45) is 5.10 Å². The van der Waals surface area contributed by atoms with E-state index >= 15 is 0 Å². The van der Waals surface area contributed by atoms with E-state index < -0.39 is 5.91 Å². The first-order valence-electron chi connectivity index (χ1n) is 8.53. The number of aromatic hydroxyl groups is 1. The molecule has 0 bridgehead atoms. The fourth-order valence-corrected chi connectivity index (χ4v) is 2.46. The fraction of sp³-hybridized carbons (Fsp3) is 0.0909. The van der Waals surface area contributed by atoms with Crippen molar-refractivity contribution in [2.75, 3.05) is 0 Å². The van der Waals surface area contributed by atoms with E-state index in [0.29, 0.717) is 12.3 Å². The predicted octanol–water partition coefficient (Wildman–Crippen LogP) is 4.13. The third kappa shape index (κ3) is 4.95. The highest BCUT2D eigenvalue weighted by molar-refractivity contribution is 6.01. The van der Waals surface area contributed by atoms with Gasteiger partial charge in [-0.15, -0.1) is 0 Å². The number of hydrogen-bond acceptors (Lipinski definition) is 4. The monoisotopic (exact) mass is 360 g/mol. The van der Waals surface area contributed by atoms with Gasteiger partial charge in [-0.05, 0) is 54.4 Å². The molecule has 0 heterocycles. The van der Waals surface area contributed by atoms with Gasteiger partial charge in [-0.2, -0.15) is 5.10 Å². The Balaban J connectivity index is 1.59. The molecule has 0 saturated heterocycles. The van der Waals surface area contributed by atoms with Gasteiger partial charge in [0.25, 0.3) is 5.91 Å². The number of carbonyl (C=O) groups is 1. The Morgan fingerprint density at radius 3 is 2.33 bits per heavy atom. The molecule has 1 amide bonds. The molecule has 2 N–H and O–H groups in total. The van der Waals surface area contributed by atoms with Crippen molar-refractivity contribution < 1.29 is 14.6 Å². The molecular weight excluding hydrogens is 340 g/mol. The number of phenolic OH excluding ortho intramolecular Hbond substituents is 1. The number of nitrogens with one attached hydrogen (secondary N) is 1. The summed E-state index contributed by atoms with van der Waals surface area (Å²) in [4.78, 5) is 12.1. The molecule has 0 aliphatic carbocycles. The first-order chi connectivity index (χ1) is 13.1. The molecule has 0 radical (unpaired) electrons. The van der Waals surface area contributed by atoms with Gasteiger partial charge in [-0.1, -0.05) is 42.5 Å². The quantitative estimate of drug-likeness (QED) is 0.513. The van der Waals surface area contributed by atoms with E-state index in [9.17, 15) is 9.90 Å². The molecule has 0 saturated carbocycles. The normalized spacial score (nSPS) is 11.1. The van der Waals surface area contributed by atoms with Gasteiger partial charge in [0.1, 0.15) is 18.1 Å². The van der Waals surface area contributed by atoms with Crippen LogP contribution < -0.4 is 10.2 Å². The van der Waals surface area contributed by atoms with E-state index in [1.54, 1.807) is 19.1 Å². The minimum Gasteiger partial charge on any atom is -0.507 e. The molecule has 0 spiro atoms. The zero-order valence-electron chi connectivity index (χ0n) is 14.9. The number of amides is 1. The van der Waals surface area contributed by atoms with Gasteiger partial charge < -0.3 is 9.84 Å². The number of ether oxygens (including phenoxy) is 1. The van der Waals surface area contributed by atoms with Gasteiger partial charge in [-0.3, -0.25) is 4.79 Å². The minimum absolute atomic E-state index is 0.0808. The molecule has 3 aromatic carbocycles. The van der Waals surface area contributed by atoms with Crippen molar-refractivity contribution in [1.82, 2.24) is 5.43 Å². The highest BCUT2D eigenvalue weighted by atomic mass is 16.5. The van der Waals surface area contributed by atoms with Crippen molar-refractivity contribution in [3.05, 3.63) is 95.6 Å². The second-order valence-corrected chi connectivity index (χ2v) is 5.95. The van der Waals surface area contributed by atoms with Crippen LogP contribution in [0.4, 0.5) is 0 Å². The standard InChI is InChI=1S/C22H20N2O3/c1-16(23-24-22(26)20-9-5-6-10-21(20)25)18-11-13-19(14-12-18)27-15-17-7-3-2-4-8-17/h2-14,25H,15H2,1H3,(H,24,26)/b23-16+. The lowest BCUT2D eigenvalue weighted by Crippen LogP contribution is -2.19. The zero-order valence-corrected chi connectivity index (χ0v) is 14.9. The van der Waals surface area contributed by atoms with Crippen LogP contribution in [0.5, 0.6) is 11.5 Å². The summed E-state index contributed by atoms with van der Waals surface area (Å²) < 4.78 is 5.76. The lowest BCUT2D eigenvalue weighted by molar-refractivity contribution is 0.0952. The largest absolute Gasteiger partial charge is 0.507 e. The average molecular weight is 360 g/mol. The summed E-state index contributed by atoms with van der Waals surface area (Å²) in [5, 5.41) is 13.8. The number of nitrogens with zero attached hydrogens (tertiary/aromatic N) is 1. The number of hydrazone groups is 1. The van der Waals surface area contributed by atoms with Crippen LogP contribution in [0, 0.1) is 0 Å². The van der Waals surface area contributed by atoms with Gasteiger partial charge in [0.05, 0.1) is 11.3 Å². The van der Waals surface area contributed by atoms with Crippen molar-refractivity contribution >= 4 is 11.6 Å². The number of para-hydroxylation sites is 1. The molecule has 0 atom stereocenters. The Morgan fingerprint density at radius 1 is 0.963 bits per heavy atom. The highest BCUT2D eigenvalue weighted by Crippen LogP contribution is 2.16. The number of benzene rings is 3. The molecule has 0 aliphatic heterocycles. The average Bonchev–Trinajstić information content (AvgIpc) is 2.72. The first-order valence-corrected chi connectivity index (χ1v) is 8.53. The Bertz CT molecular complexity index is 935. The molecule has 0 unspecified atom stereocenters. The van der Waals surface area contributed by atoms with Crippen LogP contribution in [0.15, 0.2) is 84.0 Å². The van der Waals surface area contributed by atoms with E-state index in [2.05, 4.69) is 10.5 Å². The van der Waals surface area contributed by atoms with Gasteiger partial charge in [0.15, 0.2) is 0 Å². The van der Waals surface area contributed by atoms with Crippen LogP contribution in [0.2, 0.25) is 0 Å². The van der Waals surface area contributed by atoms with Gasteiger partial charge in [0.2, 0.25) is 0 Å². The molecule has 3 rings (SSSR count). The molecule has 0 aromatic heterocycles. The number of phenols is 1. The van der Waals surface area contributed by atoms with Crippen molar-refractivity contribution in [1.29, 1.82) is 0 Å². The van der Waals surface area contributed by atoms with Crippen LogP contribution in [0.1, 0.15) is 28.4 Å². The van der Waals surface area contributed by atoms with E-state index in [0.717, 1.165) is 16.9 Å². The lowest BCUT2D eigenvalue weighted by atomic mass is 10.1. The Kier molecular flexibility index (Phi) is 5.84. The van der Waals surface area contributed by atoms with Crippen molar-refractivity contribution in [3.8, 4) is 11.5 Å². The van der Waals surface area contributed by atoms with E-state index in [1.165, 1.54) is 12.1 Å². The third-order valence-electron chi connectivity index (χ3n) is 3.99. The minimum atomic E-state index is -0.463. The maximum Gasteiger partial charge on any atom is 0.275 e. The summed E-state index contributed by atoms with van der Waals surface area (Å²) in [7, 11) is 0. The number of rotatable bonds is 6. The molecule has 0 fully saturated rings. The molecule has 5 heteroatoms. The Labute approximate surface area is 157 Å². The van der Waals surface area contributed by atoms with Crippen LogP contribution in [0.25, 0.3) is 0 Å². The Morgan fingerprint density at radius 2 is 1.63 bits per heavy atom. The summed E-state index contributed by atoms with van der Waals surface area (Å²) in [6, 6.07) is 23.8. The van der Waals surface area contributed by atoms with Gasteiger partial charge in [0, 0.05) is 0 Å². The molecule has 27 heavy (non-hydrogen) atoms. The van der Waals surface area contributed by atoms with Gasteiger partial charge >= 0.3 is 0 Å². The topological polar surface area (TPSA) is 70.9 Å².